The maximum Gasteiger partial charge on any atom is 0.407 e. The van der Waals surface area contributed by atoms with Gasteiger partial charge in [0.2, 0.25) is 0 Å². The van der Waals surface area contributed by atoms with E-state index in [4.69, 9.17) is 4.74 Å². The van der Waals surface area contributed by atoms with Gasteiger partial charge in [0.05, 0.1) is 6.04 Å². The number of nitrogens with one attached hydrogen (secondary N) is 1. The summed E-state index contributed by atoms with van der Waals surface area (Å²) in [4.78, 5) is 15.0. The molecule has 0 aliphatic heterocycles. The Bertz CT molecular complexity index is 667. The fourth-order valence-electron chi connectivity index (χ4n) is 3.43. The maximum atomic E-state index is 12.6. The molecule has 4 nitrogen and oxygen atoms in total. The fraction of sp³-hybridized carbons (Fsp3) is 0.458. The predicted octanol–water partition coefficient (Wildman–Crippen LogP) is 5.05. The molecule has 2 aromatic carbocycles. The Morgan fingerprint density at radius 2 is 1.39 bits per heavy atom. The first-order valence-electron chi connectivity index (χ1n) is 10.2. The Kier molecular flexibility index (Phi) is 8.06. The van der Waals surface area contributed by atoms with Gasteiger partial charge < -0.3 is 15.0 Å². The molecule has 0 spiro atoms. The zero-order valence-corrected chi connectivity index (χ0v) is 17.8. The van der Waals surface area contributed by atoms with Gasteiger partial charge >= 0.3 is 6.09 Å². The molecule has 1 atom stereocenters. The van der Waals surface area contributed by atoms with Crippen molar-refractivity contribution in [3.63, 3.8) is 0 Å². The van der Waals surface area contributed by atoms with Gasteiger partial charge in [-0.15, -0.1) is 0 Å². The Balaban J connectivity index is 2.40. The molecule has 0 fully saturated rings. The molecule has 0 saturated heterocycles. The fourth-order valence-corrected chi connectivity index (χ4v) is 3.43. The molecule has 1 N–H and O–H groups in total. The highest BCUT2D eigenvalue weighted by molar-refractivity contribution is 5.68. The van der Waals surface area contributed by atoms with Crippen LogP contribution in [0.15, 0.2) is 60.7 Å². The lowest BCUT2D eigenvalue weighted by Crippen LogP contribution is -2.48. The summed E-state index contributed by atoms with van der Waals surface area (Å²) in [5, 5.41) is 3.17. The van der Waals surface area contributed by atoms with Gasteiger partial charge in [-0.1, -0.05) is 74.5 Å². The highest BCUT2D eigenvalue weighted by Crippen LogP contribution is 2.29. The van der Waals surface area contributed by atoms with E-state index < -0.39 is 5.60 Å². The standard InChI is InChI=1S/C24H34N2O2/c1-6-26(7-2)18-21(25-23(27)28-24(3,4)5)22(19-14-10-8-11-15-19)20-16-12-9-13-17-20/h8-17,21-22H,6-7,18H2,1-5H3,(H,25,27)/t21-/m1/s1. The summed E-state index contributed by atoms with van der Waals surface area (Å²) >= 11 is 0. The molecule has 2 aromatic rings. The number of alkyl carbamates (subject to hydrolysis) is 1. The zero-order valence-electron chi connectivity index (χ0n) is 17.8. The zero-order chi connectivity index (χ0) is 20.6. The predicted molar refractivity (Wildman–Crippen MR) is 116 cm³/mol. The van der Waals surface area contributed by atoms with Crippen molar-refractivity contribution in [1.82, 2.24) is 10.2 Å². The molecule has 0 saturated carbocycles. The Morgan fingerprint density at radius 1 is 0.929 bits per heavy atom. The first-order valence-corrected chi connectivity index (χ1v) is 10.2. The third-order valence-electron chi connectivity index (χ3n) is 4.77. The van der Waals surface area contributed by atoms with Gasteiger partial charge in [0.1, 0.15) is 5.60 Å². The Morgan fingerprint density at radius 3 is 1.79 bits per heavy atom. The second-order valence-corrected chi connectivity index (χ2v) is 8.04. The summed E-state index contributed by atoms with van der Waals surface area (Å²) < 4.78 is 5.57. The Hall–Kier alpha value is -2.33. The van der Waals surface area contributed by atoms with Crippen LogP contribution in [0.25, 0.3) is 0 Å². The monoisotopic (exact) mass is 382 g/mol. The van der Waals surface area contributed by atoms with Crippen molar-refractivity contribution in [2.24, 2.45) is 0 Å². The van der Waals surface area contributed by atoms with Gasteiger partial charge in [0, 0.05) is 12.5 Å². The van der Waals surface area contributed by atoms with E-state index in [1.54, 1.807) is 0 Å². The molecule has 0 aliphatic rings. The van der Waals surface area contributed by atoms with Crippen molar-refractivity contribution in [3.8, 4) is 0 Å². The van der Waals surface area contributed by atoms with Gasteiger partial charge in [0.25, 0.3) is 0 Å². The molecule has 0 unspecified atom stereocenters. The number of likely N-dealkylation sites (N-methyl/N-ethyl adjacent to an activating group) is 1. The number of ether oxygens (including phenoxy) is 1. The lowest BCUT2D eigenvalue weighted by Gasteiger charge is -2.33. The molecule has 152 valence electrons. The maximum absolute atomic E-state index is 12.6. The molecule has 0 radical (unpaired) electrons. The van der Waals surface area contributed by atoms with Crippen LogP contribution in [0.1, 0.15) is 51.7 Å². The Labute approximate surface area is 169 Å². The van der Waals surface area contributed by atoms with Crippen LogP contribution in [-0.4, -0.2) is 42.3 Å². The van der Waals surface area contributed by atoms with Gasteiger partial charge in [-0.25, -0.2) is 4.79 Å². The molecule has 1 amide bonds. The third-order valence-corrected chi connectivity index (χ3v) is 4.77. The number of hydrogen-bond acceptors (Lipinski definition) is 3. The summed E-state index contributed by atoms with van der Waals surface area (Å²) in [6.45, 7) is 12.6. The van der Waals surface area contributed by atoms with Crippen LogP contribution in [0.5, 0.6) is 0 Å². The minimum absolute atomic E-state index is 0.0375. The molecule has 0 bridgehead atoms. The van der Waals surface area contributed by atoms with Crippen LogP contribution < -0.4 is 5.32 Å². The molecule has 2 rings (SSSR count). The SMILES string of the molecule is CCN(CC)C[C@@H](NC(=O)OC(C)(C)C)C(c1ccccc1)c1ccccc1. The van der Waals surface area contributed by atoms with Gasteiger partial charge in [-0.05, 0) is 45.0 Å². The van der Waals surface area contributed by atoms with Crippen LogP contribution in [0.3, 0.4) is 0 Å². The highest BCUT2D eigenvalue weighted by atomic mass is 16.6. The topological polar surface area (TPSA) is 41.6 Å². The highest BCUT2D eigenvalue weighted by Gasteiger charge is 2.29. The van der Waals surface area contributed by atoms with Crippen LogP contribution >= 0.6 is 0 Å². The van der Waals surface area contributed by atoms with Crippen molar-refractivity contribution >= 4 is 6.09 Å². The number of carbonyl (C=O) groups is 1. The minimum atomic E-state index is -0.529. The van der Waals surface area contributed by atoms with Crippen molar-refractivity contribution in [1.29, 1.82) is 0 Å². The third kappa shape index (κ3) is 6.68. The average molecular weight is 383 g/mol. The van der Waals surface area contributed by atoms with Crippen LogP contribution in [0.4, 0.5) is 4.79 Å². The number of amides is 1. The smallest absolute Gasteiger partial charge is 0.407 e. The van der Waals surface area contributed by atoms with Crippen molar-refractivity contribution < 1.29 is 9.53 Å². The van der Waals surface area contributed by atoms with E-state index in [1.807, 2.05) is 57.2 Å². The lowest BCUT2D eigenvalue weighted by atomic mass is 9.84. The van der Waals surface area contributed by atoms with Crippen LogP contribution in [0, 0.1) is 0 Å². The number of benzene rings is 2. The summed E-state index contributed by atoms with van der Waals surface area (Å²) in [5.41, 5.74) is 1.84. The van der Waals surface area contributed by atoms with E-state index >= 15 is 0 Å². The van der Waals surface area contributed by atoms with Crippen molar-refractivity contribution in [3.05, 3.63) is 71.8 Å². The summed E-state index contributed by atoms with van der Waals surface area (Å²) in [5.74, 6) is 0.0375. The van der Waals surface area contributed by atoms with E-state index in [0.29, 0.717) is 0 Å². The second-order valence-electron chi connectivity index (χ2n) is 8.04. The number of rotatable bonds is 8. The first kappa shape index (κ1) is 22.0. The average Bonchev–Trinajstić information content (AvgIpc) is 2.66. The van der Waals surface area contributed by atoms with E-state index in [0.717, 1.165) is 19.6 Å². The summed E-state index contributed by atoms with van der Waals surface area (Å²) in [7, 11) is 0. The van der Waals surface area contributed by atoms with Gasteiger partial charge in [-0.2, -0.15) is 0 Å². The van der Waals surface area contributed by atoms with Crippen molar-refractivity contribution in [2.45, 2.75) is 52.2 Å². The first-order chi connectivity index (χ1) is 13.3. The largest absolute Gasteiger partial charge is 0.444 e. The van der Waals surface area contributed by atoms with Crippen LogP contribution in [-0.2, 0) is 4.74 Å². The molecule has 0 aliphatic carbocycles. The van der Waals surface area contributed by atoms with E-state index in [-0.39, 0.29) is 18.1 Å². The van der Waals surface area contributed by atoms with Gasteiger partial charge in [0.15, 0.2) is 0 Å². The van der Waals surface area contributed by atoms with Crippen molar-refractivity contribution in [2.75, 3.05) is 19.6 Å². The quantitative estimate of drug-likeness (QED) is 0.694. The van der Waals surface area contributed by atoms with Crippen LogP contribution in [0.2, 0.25) is 0 Å². The number of nitrogens with zero attached hydrogens (tertiary/aromatic N) is 1. The molecule has 0 aromatic heterocycles. The lowest BCUT2D eigenvalue weighted by molar-refractivity contribution is 0.0487. The molecular formula is C24H34N2O2. The molecule has 4 heteroatoms. The summed E-state index contributed by atoms with van der Waals surface area (Å²) in [6.07, 6.45) is -0.374. The van der Waals surface area contributed by atoms with Gasteiger partial charge in [-0.3, -0.25) is 0 Å². The molecule has 0 heterocycles. The number of hydrogen-bond donors (Lipinski definition) is 1. The van der Waals surface area contributed by atoms with E-state index in [1.165, 1.54) is 11.1 Å². The second kappa shape index (κ2) is 10.3. The number of carbonyl (C=O) groups excluding carboxylic acids is 1. The molecular weight excluding hydrogens is 348 g/mol. The molecule has 28 heavy (non-hydrogen) atoms. The summed E-state index contributed by atoms with van der Waals surface area (Å²) in [6, 6.07) is 20.6. The minimum Gasteiger partial charge on any atom is -0.444 e. The van der Waals surface area contributed by atoms with E-state index in [2.05, 4.69) is 48.3 Å². The van der Waals surface area contributed by atoms with E-state index in [9.17, 15) is 4.79 Å². The normalized spacial score (nSPS) is 12.8.